The summed E-state index contributed by atoms with van der Waals surface area (Å²) in [6.45, 7) is 0. The molecule has 2 rings (SSSR count). The maximum atomic E-state index is 12.0. The van der Waals surface area contributed by atoms with Crippen molar-refractivity contribution in [2.45, 2.75) is 6.36 Å². The first kappa shape index (κ1) is 15.3. The first-order chi connectivity index (χ1) is 9.85. The molecule has 0 bridgehead atoms. The Hall–Kier alpha value is -2.09. The van der Waals surface area contributed by atoms with Crippen molar-refractivity contribution in [1.29, 1.82) is 0 Å². The van der Waals surface area contributed by atoms with E-state index in [-0.39, 0.29) is 5.56 Å². The van der Waals surface area contributed by atoms with Crippen LogP contribution >= 0.6 is 15.9 Å². The Morgan fingerprint density at radius 2 is 1.86 bits per heavy atom. The average Bonchev–Trinajstić information content (AvgIpc) is 2.40. The molecule has 0 saturated heterocycles. The molecule has 0 aliphatic heterocycles. The zero-order chi connectivity index (χ0) is 15.5. The van der Waals surface area contributed by atoms with E-state index in [9.17, 15) is 18.0 Å². The minimum Gasteiger partial charge on any atom is -0.406 e. The van der Waals surface area contributed by atoms with Crippen LogP contribution in [0.25, 0.3) is 0 Å². The zero-order valence-corrected chi connectivity index (χ0v) is 11.9. The van der Waals surface area contributed by atoms with E-state index in [4.69, 9.17) is 0 Å². The third-order valence-corrected chi connectivity index (χ3v) is 2.98. The van der Waals surface area contributed by atoms with E-state index in [0.29, 0.717) is 10.3 Å². The Kier molecular flexibility index (Phi) is 4.46. The minimum atomic E-state index is -4.76. The number of nitrogens with one attached hydrogen (secondary N) is 1. The number of hydrogen-bond acceptors (Lipinski definition) is 3. The average molecular weight is 361 g/mol. The van der Waals surface area contributed by atoms with Gasteiger partial charge >= 0.3 is 6.36 Å². The van der Waals surface area contributed by atoms with Gasteiger partial charge in [0.05, 0.1) is 4.47 Å². The lowest BCUT2D eigenvalue weighted by atomic mass is 10.2. The monoisotopic (exact) mass is 360 g/mol. The molecular formula is C13H8BrF3N2O2. The van der Waals surface area contributed by atoms with Gasteiger partial charge in [0.15, 0.2) is 0 Å². The standard InChI is InChI=1S/C13H8BrF3N2O2/c14-10-2-1-7-18-11(10)19-12(20)8-3-5-9(6-4-8)21-13(15,16)17/h1-7H,(H,18,19,20). The molecule has 0 aliphatic carbocycles. The number of carbonyl (C=O) groups excluding carboxylic acids is 1. The van der Waals surface area contributed by atoms with Gasteiger partial charge < -0.3 is 10.1 Å². The van der Waals surface area contributed by atoms with Crippen LogP contribution < -0.4 is 10.1 Å². The van der Waals surface area contributed by atoms with Crippen LogP contribution in [0.4, 0.5) is 19.0 Å². The topological polar surface area (TPSA) is 51.2 Å². The number of benzene rings is 1. The van der Waals surface area contributed by atoms with E-state index in [1.165, 1.54) is 18.3 Å². The van der Waals surface area contributed by atoms with Crippen molar-refractivity contribution in [1.82, 2.24) is 4.98 Å². The molecule has 4 nitrogen and oxygen atoms in total. The highest BCUT2D eigenvalue weighted by Gasteiger charge is 2.31. The third-order valence-electron chi connectivity index (χ3n) is 2.34. The number of hydrogen-bond donors (Lipinski definition) is 1. The minimum absolute atomic E-state index is 0.182. The summed E-state index contributed by atoms with van der Waals surface area (Å²) in [7, 11) is 0. The molecule has 1 aromatic carbocycles. The predicted octanol–water partition coefficient (Wildman–Crippen LogP) is 4.00. The van der Waals surface area contributed by atoms with Crippen molar-refractivity contribution in [2.24, 2.45) is 0 Å². The van der Waals surface area contributed by atoms with Crippen LogP contribution in [0, 0.1) is 0 Å². The number of rotatable bonds is 3. The normalized spacial score (nSPS) is 11.0. The summed E-state index contributed by atoms with van der Waals surface area (Å²) in [6, 6.07) is 7.97. The quantitative estimate of drug-likeness (QED) is 0.899. The van der Waals surface area contributed by atoms with Gasteiger partial charge in [-0.05, 0) is 52.3 Å². The fourth-order valence-corrected chi connectivity index (χ4v) is 1.82. The number of halogens is 4. The molecule has 110 valence electrons. The van der Waals surface area contributed by atoms with Crippen LogP contribution in [-0.4, -0.2) is 17.3 Å². The summed E-state index contributed by atoms with van der Waals surface area (Å²) in [5.41, 5.74) is 0.182. The van der Waals surface area contributed by atoms with Gasteiger partial charge in [-0.3, -0.25) is 4.79 Å². The molecule has 1 N–H and O–H groups in total. The van der Waals surface area contributed by atoms with Crippen molar-refractivity contribution in [3.63, 3.8) is 0 Å². The Morgan fingerprint density at radius 1 is 1.19 bits per heavy atom. The summed E-state index contributed by atoms with van der Waals surface area (Å²) >= 11 is 3.22. The summed E-state index contributed by atoms with van der Waals surface area (Å²) in [6.07, 6.45) is -3.26. The second-order valence-corrected chi connectivity index (χ2v) is 4.71. The Labute approximate surface area is 126 Å². The second-order valence-electron chi connectivity index (χ2n) is 3.86. The summed E-state index contributed by atoms with van der Waals surface area (Å²) in [5, 5.41) is 2.53. The molecule has 1 aromatic heterocycles. The van der Waals surface area contributed by atoms with E-state index in [2.05, 4.69) is 31.0 Å². The van der Waals surface area contributed by atoms with E-state index >= 15 is 0 Å². The van der Waals surface area contributed by atoms with E-state index in [1.807, 2.05) is 0 Å². The molecule has 8 heteroatoms. The van der Waals surface area contributed by atoms with Gasteiger partial charge in [-0.1, -0.05) is 0 Å². The van der Waals surface area contributed by atoms with Crippen molar-refractivity contribution in [3.8, 4) is 5.75 Å². The number of alkyl halides is 3. The molecule has 0 radical (unpaired) electrons. The van der Waals surface area contributed by atoms with Gasteiger partial charge in [-0.2, -0.15) is 0 Å². The molecule has 0 fully saturated rings. The second kappa shape index (κ2) is 6.13. The van der Waals surface area contributed by atoms with Gasteiger partial charge in [0.1, 0.15) is 11.6 Å². The molecule has 0 unspecified atom stereocenters. The van der Waals surface area contributed by atoms with E-state index in [1.54, 1.807) is 12.1 Å². The molecule has 0 saturated carbocycles. The lowest BCUT2D eigenvalue weighted by molar-refractivity contribution is -0.274. The molecule has 0 atom stereocenters. The van der Waals surface area contributed by atoms with Crippen LogP contribution in [0.2, 0.25) is 0 Å². The fourth-order valence-electron chi connectivity index (χ4n) is 1.47. The number of amides is 1. The van der Waals surface area contributed by atoms with E-state index < -0.39 is 18.0 Å². The largest absolute Gasteiger partial charge is 0.573 e. The summed E-state index contributed by atoms with van der Waals surface area (Å²) in [4.78, 5) is 15.9. The summed E-state index contributed by atoms with van der Waals surface area (Å²) in [5.74, 6) is -0.566. The van der Waals surface area contributed by atoms with Gasteiger partial charge in [0.25, 0.3) is 5.91 Å². The number of nitrogens with zero attached hydrogens (tertiary/aromatic N) is 1. The number of carbonyl (C=O) groups is 1. The van der Waals surface area contributed by atoms with Crippen LogP contribution in [0.5, 0.6) is 5.75 Å². The first-order valence-corrected chi connectivity index (χ1v) is 6.42. The number of pyridine rings is 1. The smallest absolute Gasteiger partial charge is 0.406 e. The summed E-state index contributed by atoms with van der Waals surface area (Å²) < 4.78 is 40.4. The van der Waals surface area contributed by atoms with Crippen molar-refractivity contribution in [2.75, 3.05) is 5.32 Å². The lowest BCUT2D eigenvalue weighted by Gasteiger charge is -2.09. The molecular weight excluding hydrogens is 353 g/mol. The van der Waals surface area contributed by atoms with Crippen LogP contribution in [0.3, 0.4) is 0 Å². The first-order valence-electron chi connectivity index (χ1n) is 5.63. The fraction of sp³-hybridized carbons (Fsp3) is 0.0769. The van der Waals surface area contributed by atoms with Gasteiger partial charge in [-0.15, -0.1) is 13.2 Å². The lowest BCUT2D eigenvalue weighted by Crippen LogP contribution is -2.17. The zero-order valence-electron chi connectivity index (χ0n) is 10.3. The van der Waals surface area contributed by atoms with Crippen molar-refractivity contribution >= 4 is 27.7 Å². The molecule has 0 spiro atoms. The molecule has 21 heavy (non-hydrogen) atoms. The maximum Gasteiger partial charge on any atom is 0.573 e. The van der Waals surface area contributed by atoms with Crippen LogP contribution in [0.15, 0.2) is 47.1 Å². The Balaban J connectivity index is 2.08. The van der Waals surface area contributed by atoms with Crippen molar-refractivity contribution in [3.05, 3.63) is 52.6 Å². The predicted molar refractivity (Wildman–Crippen MR) is 73.0 cm³/mol. The Morgan fingerprint density at radius 3 is 2.43 bits per heavy atom. The molecule has 1 amide bonds. The maximum absolute atomic E-state index is 12.0. The number of anilines is 1. The van der Waals surface area contributed by atoms with E-state index in [0.717, 1.165) is 12.1 Å². The highest BCUT2D eigenvalue weighted by Crippen LogP contribution is 2.23. The van der Waals surface area contributed by atoms with Crippen LogP contribution in [-0.2, 0) is 0 Å². The third kappa shape index (κ3) is 4.45. The molecule has 1 heterocycles. The van der Waals surface area contributed by atoms with Crippen LogP contribution in [0.1, 0.15) is 10.4 Å². The molecule has 2 aromatic rings. The number of ether oxygens (including phenoxy) is 1. The highest BCUT2D eigenvalue weighted by atomic mass is 79.9. The SMILES string of the molecule is O=C(Nc1ncccc1Br)c1ccc(OC(F)(F)F)cc1. The number of aromatic nitrogens is 1. The van der Waals surface area contributed by atoms with Gasteiger partial charge in [0.2, 0.25) is 0 Å². The molecule has 0 aliphatic rings. The highest BCUT2D eigenvalue weighted by molar-refractivity contribution is 9.10. The van der Waals surface area contributed by atoms with Gasteiger partial charge in [-0.25, -0.2) is 4.98 Å². The Bertz CT molecular complexity index is 645. The van der Waals surface area contributed by atoms with Crippen molar-refractivity contribution < 1.29 is 22.7 Å². The van der Waals surface area contributed by atoms with Gasteiger partial charge in [0, 0.05) is 11.8 Å².